The summed E-state index contributed by atoms with van der Waals surface area (Å²) >= 11 is 0. The molecule has 3 N–H and O–H groups in total. The van der Waals surface area contributed by atoms with Gasteiger partial charge in [0.25, 0.3) is 0 Å². The minimum atomic E-state index is -4.39. The summed E-state index contributed by atoms with van der Waals surface area (Å²) in [5, 5.41) is 0. The number of allylic oxidation sites excluding steroid dienone is 10. The van der Waals surface area contributed by atoms with E-state index >= 15 is 0 Å². The van der Waals surface area contributed by atoms with Crippen LogP contribution in [-0.2, 0) is 32.7 Å². The van der Waals surface area contributed by atoms with E-state index < -0.39 is 32.5 Å². The molecule has 2 atom stereocenters. The minimum absolute atomic E-state index is 0.0412. The van der Waals surface area contributed by atoms with E-state index in [4.69, 9.17) is 24.3 Å². The highest BCUT2D eigenvalue weighted by molar-refractivity contribution is 7.47. The number of esters is 2. The van der Waals surface area contributed by atoms with Crippen molar-refractivity contribution in [3.05, 3.63) is 60.8 Å². The Morgan fingerprint density at radius 3 is 1.62 bits per heavy atom. The van der Waals surface area contributed by atoms with Crippen LogP contribution in [-0.4, -0.2) is 49.3 Å². The number of nitrogens with two attached hydrogens (primary N) is 1. The van der Waals surface area contributed by atoms with Gasteiger partial charge in [0.1, 0.15) is 6.61 Å². The molecule has 0 aliphatic rings. The summed E-state index contributed by atoms with van der Waals surface area (Å²) < 4.78 is 32.6. The normalized spacial score (nSPS) is 14.1. The molecule has 0 amide bonds. The fourth-order valence-electron chi connectivity index (χ4n) is 4.74. The maximum atomic E-state index is 12.5. The quantitative estimate of drug-likeness (QED) is 0.0283. The highest BCUT2D eigenvalue weighted by Crippen LogP contribution is 2.43. The van der Waals surface area contributed by atoms with E-state index in [1.165, 1.54) is 44.9 Å². The third kappa shape index (κ3) is 35.5. The van der Waals surface area contributed by atoms with Crippen LogP contribution in [0.15, 0.2) is 60.8 Å². The van der Waals surface area contributed by atoms with Gasteiger partial charge in [-0.25, -0.2) is 4.57 Å². The Bertz CT molecular complexity index is 1010. The van der Waals surface area contributed by atoms with E-state index in [2.05, 4.69) is 68.5 Å². The lowest BCUT2D eigenvalue weighted by Gasteiger charge is -2.19. The fraction of sp³-hybridized carbons (Fsp3) is 0.700. The molecule has 0 aromatic carbocycles. The summed E-state index contributed by atoms with van der Waals surface area (Å²) in [5.41, 5.74) is 5.32. The summed E-state index contributed by atoms with van der Waals surface area (Å²) in [7, 11) is -4.39. The molecule has 0 spiro atoms. The van der Waals surface area contributed by atoms with Crippen LogP contribution in [0.1, 0.15) is 149 Å². The zero-order chi connectivity index (χ0) is 36.8. The number of phosphoric acid groups is 1. The molecule has 1 unspecified atom stereocenters. The number of hydrogen-bond acceptors (Lipinski definition) is 8. The van der Waals surface area contributed by atoms with Crippen molar-refractivity contribution in [1.29, 1.82) is 0 Å². The van der Waals surface area contributed by atoms with Crippen molar-refractivity contribution < 1.29 is 37.6 Å². The second-order valence-electron chi connectivity index (χ2n) is 12.4. The van der Waals surface area contributed by atoms with Crippen LogP contribution in [0, 0.1) is 0 Å². The molecule has 288 valence electrons. The third-order valence-electron chi connectivity index (χ3n) is 7.63. The van der Waals surface area contributed by atoms with Crippen LogP contribution in [0.3, 0.4) is 0 Å². The van der Waals surface area contributed by atoms with E-state index in [0.717, 1.165) is 57.8 Å². The Hall–Kier alpha value is -2.29. The first-order valence-corrected chi connectivity index (χ1v) is 20.8. The molecule has 10 heteroatoms. The first kappa shape index (κ1) is 47.7. The molecule has 0 saturated heterocycles. The topological polar surface area (TPSA) is 134 Å². The molecule has 0 aromatic heterocycles. The second kappa shape index (κ2) is 36.5. The number of carbonyl (C=O) groups is 2. The first-order valence-electron chi connectivity index (χ1n) is 19.3. The van der Waals surface area contributed by atoms with Crippen molar-refractivity contribution in [3.63, 3.8) is 0 Å². The summed E-state index contributed by atoms with van der Waals surface area (Å²) in [6, 6.07) is 0. The SMILES string of the molecule is CCCCC/C=C/C/C=C/C/C=C/C/C=C/CCCC(=O)O[C@H](COC(=O)CCCCCCC/C=C/CCCCC)COP(=O)(O)OCCN. The molecular weight excluding hydrogens is 653 g/mol. The van der Waals surface area contributed by atoms with E-state index in [1.54, 1.807) is 0 Å². The van der Waals surface area contributed by atoms with Crippen molar-refractivity contribution in [2.75, 3.05) is 26.4 Å². The van der Waals surface area contributed by atoms with Gasteiger partial charge in [-0.3, -0.25) is 18.6 Å². The molecule has 0 radical (unpaired) electrons. The number of ether oxygens (including phenoxy) is 2. The van der Waals surface area contributed by atoms with Gasteiger partial charge in [0.15, 0.2) is 6.10 Å². The zero-order valence-electron chi connectivity index (χ0n) is 31.4. The third-order valence-corrected chi connectivity index (χ3v) is 8.61. The van der Waals surface area contributed by atoms with Crippen LogP contribution >= 0.6 is 7.82 Å². The van der Waals surface area contributed by atoms with E-state index in [0.29, 0.717) is 19.3 Å². The molecule has 0 bridgehead atoms. The smallest absolute Gasteiger partial charge is 0.462 e. The van der Waals surface area contributed by atoms with Crippen molar-refractivity contribution in [2.45, 2.75) is 155 Å². The lowest BCUT2D eigenvalue weighted by Crippen LogP contribution is -2.29. The maximum Gasteiger partial charge on any atom is 0.472 e. The van der Waals surface area contributed by atoms with Crippen LogP contribution in [0.25, 0.3) is 0 Å². The van der Waals surface area contributed by atoms with E-state index in [9.17, 15) is 19.0 Å². The second-order valence-corrected chi connectivity index (χ2v) is 13.9. The average molecular weight is 724 g/mol. The fourth-order valence-corrected chi connectivity index (χ4v) is 5.50. The molecule has 0 aliphatic heterocycles. The highest BCUT2D eigenvalue weighted by atomic mass is 31.2. The average Bonchev–Trinajstić information content (AvgIpc) is 3.10. The van der Waals surface area contributed by atoms with Gasteiger partial charge in [-0.2, -0.15) is 0 Å². The standard InChI is InChI=1S/C40H70NO8P/c1-3-5-7-9-11-13-15-17-18-19-20-21-23-25-27-29-31-33-40(43)49-38(37-48-50(44,45)47-35-34-41)36-46-39(42)32-30-28-26-24-22-16-14-12-10-8-6-4-2/h11-14,17-18,20-21,25,27,38H,3-10,15-16,19,22-24,26,28-37,41H2,1-2H3,(H,44,45)/b13-11+,14-12+,18-17+,21-20+,27-25+/t38-/m1/s1. The lowest BCUT2D eigenvalue weighted by atomic mass is 10.1. The molecule has 0 aromatic rings. The summed E-state index contributed by atoms with van der Waals surface area (Å²) in [5.74, 6) is -0.912. The Morgan fingerprint density at radius 2 is 1.06 bits per heavy atom. The van der Waals surface area contributed by atoms with Crippen molar-refractivity contribution in [1.82, 2.24) is 0 Å². The molecule has 0 fully saturated rings. The largest absolute Gasteiger partial charge is 0.472 e. The molecule has 50 heavy (non-hydrogen) atoms. The van der Waals surface area contributed by atoms with Gasteiger partial charge >= 0.3 is 19.8 Å². The predicted molar refractivity (Wildman–Crippen MR) is 206 cm³/mol. The van der Waals surface area contributed by atoms with Crippen molar-refractivity contribution in [2.24, 2.45) is 5.73 Å². The molecule has 0 rings (SSSR count). The van der Waals surface area contributed by atoms with Gasteiger partial charge in [-0.15, -0.1) is 0 Å². The zero-order valence-corrected chi connectivity index (χ0v) is 32.3. The molecular formula is C40H70NO8P. The van der Waals surface area contributed by atoms with E-state index in [1.807, 2.05) is 6.08 Å². The van der Waals surface area contributed by atoms with Gasteiger partial charge in [-0.05, 0) is 77.0 Å². The van der Waals surface area contributed by atoms with Gasteiger partial charge in [0.2, 0.25) is 0 Å². The number of rotatable bonds is 35. The van der Waals surface area contributed by atoms with Crippen molar-refractivity contribution in [3.8, 4) is 0 Å². The van der Waals surface area contributed by atoms with Crippen LogP contribution in [0.5, 0.6) is 0 Å². The summed E-state index contributed by atoms with van der Waals surface area (Å²) in [4.78, 5) is 34.7. The number of unbranched alkanes of at least 4 members (excludes halogenated alkanes) is 12. The van der Waals surface area contributed by atoms with Crippen LogP contribution in [0.2, 0.25) is 0 Å². The highest BCUT2D eigenvalue weighted by Gasteiger charge is 2.25. The predicted octanol–water partition coefficient (Wildman–Crippen LogP) is 10.5. The lowest BCUT2D eigenvalue weighted by molar-refractivity contribution is -0.161. The molecule has 0 aliphatic carbocycles. The van der Waals surface area contributed by atoms with Crippen molar-refractivity contribution >= 4 is 19.8 Å². The van der Waals surface area contributed by atoms with Crippen LogP contribution < -0.4 is 5.73 Å². The van der Waals surface area contributed by atoms with Gasteiger partial charge < -0.3 is 20.1 Å². The Balaban J connectivity index is 4.36. The maximum absolute atomic E-state index is 12.5. The number of phosphoric ester groups is 1. The minimum Gasteiger partial charge on any atom is -0.462 e. The molecule has 0 heterocycles. The molecule has 0 saturated carbocycles. The van der Waals surface area contributed by atoms with Gasteiger partial charge in [-0.1, -0.05) is 120 Å². The van der Waals surface area contributed by atoms with Crippen LogP contribution in [0.4, 0.5) is 0 Å². The van der Waals surface area contributed by atoms with E-state index in [-0.39, 0.29) is 32.6 Å². The Labute approximate surface area is 304 Å². The molecule has 9 nitrogen and oxygen atoms in total. The Morgan fingerprint density at radius 1 is 0.600 bits per heavy atom. The summed E-state index contributed by atoms with van der Waals surface area (Å²) in [6.45, 7) is 3.58. The summed E-state index contributed by atoms with van der Waals surface area (Å²) in [6.07, 6.45) is 41.1. The number of carbonyl (C=O) groups excluding carboxylic acids is 2. The first-order chi connectivity index (χ1) is 24.3. The monoisotopic (exact) mass is 723 g/mol. The number of hydrogen-bond donors (Lipinski definition) is 2. The van der Waals surface area contributed by atoms with Gasteiger partial charge in [0.05, 0.1) is 13.2 Å². The Kier molecular flexibility index (Phi) is 34.8. The van der Waals surface area contributed by atoms with Gasteiger partial charge in [0, 0.05) is 19.4 Å².